The molecule has 0 aliphatic carbocycles. The molecule has 27 heavy (non-hydrogen) atoms. The molecular weight excluding hydrogens is 362 g/mol. The molecule has 1 amide bonds. The van der Waals surface area contributed by atoms with Crippen LogP contribution in [0.15, 0.2) is 41.8 Å². The number of amides is 1. The van der Waals surface area contributed by atoms with Gasteiger partial charge in [-0.15, -0.1) is 11.3 Å². The number of hydrogen-bond donors (Lipinski definition) is 1. The second-order valence-corrected chi connectivity index (χ2v) is 7.33. The van der Waals surface area contributed by atoms with Gasteiger partial charge in [0.1, 0.15) is 11.4 Å². The van der Waals surface area contributed by atoms with Crippen molar-refractivity contribution in [1.82, 2.24) is 15.1 Å². The fourth-order valence-corrected chi connectivity index (χ4v) is 4.36. The van der Waals surface area contributed by atoms with Gasteiger partial charge in [0.05, 0.1) is 18.8 Å². The molecule has 0 bridgehead atoms. The van der Waals surface area contributed by atoms with E-state index in [4.69, 9.17) is 9.47 Å². The molecule has 3 aromatic rings. The third-order valence-corrected chi connectivity index (χ3v) is 5.71. The van der Waals surface area contributed by atoms with Gasteiger partial charge in [-0.05, 0) is 42.1 Å². The van der Waals surface area contributed by atoms with Crippen molar-refractivity contribution in [1.29, 1.82) is 0 Å². The number of benzene rings is 1. The monoisotopic (exact) mass is 383 g/mol. The van der Waals surface area contributed by atoms with Crippen molar-refractivity contribution < 1.29 is 14.3 Å². The van der Waals surface area contributed by atoms with Crippen LogP contribution >= 0.6 is 11.3 Å². The Morgan fingerprint density at radius 1 is 1.22 bits per heavy atom. The van der Waals surface area contributed by atoms with Crippen molar-refractivity contribution in [3.8, 4) is 17.0 Å². The maximum absolute atomic E-state index is 13.0. The van der Waals surface area contributed by atoms with Gasteiger partial charge in [-0.2, -0.15) is 5.10 Å². The lowest BCUT2D eigenvalue weighted by Gasteiger charge is -2.25. The molecule has 7 heteroatoms. The summed E-state index contributed by atoms with van der Waals surface area (Å²) in [5.74, 6) is 0.782. The van der Waals surface area contributed by atoms with Gasteiger partial charge in [0.25, 0.3) is 5.91 Å². The first-order chi connectivity index (χ1) is 13.2. The zero-order valence-electron chi connectivity index (χ0n) is 15.3. The standard InChI is InChI=1S/C20H21N3O3S/c1-25-11-4-10-23-19(15-5-3-12-27-15)16-17(21-22-18(16)20(23)24)13-6-8-14(26-2)9-7-13/h3,5-9,12,19H,4,10-11H2,1-2H3,(H,21,22). The quantitative estimate of drug-likeness (QED) is 0.631. The topological polar surface area (TPSA) is 67.5 Å². The Kier molecular flexibility index (Phi) is 4.96. The van der Waals surface area contributed by atoms with Crippen LogP contribution in [0.5, 0.6) is 5.75 Å². The molecule has 1 unspecified atom stereocenters. The summed E-state index contributed by atoms with van der Waals surface area (Å²) < 4.78 is 10.4. The Morgan fingerprint density at radius 2 is 2.04 bits per heavy atom. The molecule has 140 valence electrons. The number of fused-ring (bicyclic) bond motifs is 1. The van der Waals surface area contributed by atoms with Crippen LogP contribution in [-0.2, 0) is 4.74 Å². The second kappa shape index (κ2) is 7.54. The number of ether oxygens (including phenoxy) is 2. The average Bonchev–Trinajstić information content (AvgIpc) is 3.41. The number of nitrogens with zero attached hydrogens (tertiary/aromatic N) is 2. The average molecular weight is 383 g/mol. The van der Waals surface area contributed by atoms with Crippen molar-refractivity contribution in [2.24, 2.45) is 0 Å². The van der Waals surface area contributed by atoms with Gasteiger partial charge in [0.15, 0.2) is 0 Å². The third kappa shape index (κ3) is 3.13. The van der Waals surface area contributed by atoms with E-state index in [2.05, 4.69) is 16.3 Å². The number of aromatic amines is 1. The molecule has 0 spiro atoms. The lowest BCUT2D eigenvalue weighted by atomic mass is 10.0. The summed E-state index contributed by atoms with van der Waals surface area (Å²) in [5.41, 5.74) is 3.30. The van der Waals surface area contributed by atoms with Gasteiger partial charge in [-0.1, -0.05) is 6.07 Å². The highest BCUT2D eigenvalue weighted by Crippen LogP contribution is 2.44. The third-order valence-electron chi connectivity index (χ3n) is 4.79. The zero-order chi connectivity index (χ0) is 18.8. The Morgan fingerprint density at radius 3 is 2.70 bits per heavy atom. The van der Waals surface area contributed by atoms with Crippen LogP contribution in [0.4, 0.5) is 0 Å². The van der Waals surface area contributed by atoms with Gasteiger partial charge in [-0.25, -0.2) is 0 Å². The molecule has 3 heterocycles. The Hall–Kier alpha value is -2.64. The van der Waals surface area contributed by atoms with Crippen LogP contribution in [0.2, 0.25) is 0 Å². The number of rotatable bonds is 7. The minimum atomic E-state index is -0.125. The van der Waals surface area contributed by atoms with Crippen LogP contribution in [0.25, 0.3) is 11.3 Å². The summed E-state index contributed by atoms with van der Waals surface area (Å²) >= 11 is 1.66. The minimum Gasteiger partial charge on any atom is -0.497 e. The van der Waals surface area contributed by atoms with E-state index in [1.165, 1.54) is 0 Å². The largest absolute Gasteiger partial charge is 0.497 e. The normalized spacial score (nSPS) is 16.0. The minimum absolute atomic E-state index is 0.00763. The molecule has 1 aromatic carbocycles. The van der Waals surface area contributed by atoms with Crippen LogP contribution in [0.3, 0.4) is 0 Å². The van der Waals surface area contributed by atoms with Crippen molar-refractivity contribution in [2.45, 2.75) is 12.5 Å². The molecule has 1 N–H and O–H groups in total. The number of aromatic nitrogens is 2. The first-order valence-corrected chi connectivity index (χ1v) is 9.68. The predicted molar refractivity (Wildman–Crippen MR) is 104 cm³/mol. The van der Waals surface area contributed by atoms with Crippen molar-refractivity contribution >= 4 is 17.2 Å². The molecule has 0 radical (unpaired) electrons. The highest BCUT2D eigenvalue weighted by molar-refractivity contribution is 7.10. The van der Waals surface area contributed by atoms with E-state index in [0.717, 1.165) is 33.9 Å². The molecule has 0 fully saturated rings. The smallest absolute Gasteiger partial charge is 0.273 e. The molecule has 1 aliphatic heterocycles. The highest BCUT2D eigenvalue weighted by atomic mass is 32.1. The van der Waals surface area contributed by atoms with E-state index in [1.807, 2.05) is 40.6 Å². The van der Waals surface area contributed by atoms with E-state index in [9.17, 15) is 4.79 Å². The molecule has 4 rings (SSSR count). The van der Waals surface area contributed by atoms with Crippen molar-refractivity contribution in [2.75, 3.05) is 27.4 Å². The zero-order valence-corrected chi connectivity index (χ0v) is 16.1. The lowest BCUT2D eigenvalue weighted by Crippen LogP contribution is -2.30. The van der Waals surface area contributed by atoms with E-state index in [-0.39, 0.29) is 11.9 Å². The Bertz CT molecular complexity index is 919. The first-order valence-electron chi connectivity index (χ1n) is 8.80. The van der Waals surface area contributed by atoms with E-state index in [0.29, 0.717) is 18.8 Å². The van der Waals surface area contributed by atoms with Crippen LogP contribution < -0.4 is 4.74 Å². The number of H-pyrrole nitrogens is 1. The fraction of sp³-hybridized carbons (Fsp3) is 0.300. The highest BCUT2D eigenvalue weighted by Gasteiger charge is 2.42. The summed E-state index contributed by atoms with van der Waals surface area (Å²) in [6.45, 7) is 1.26. The lowest BCUT2D eigenvalue weighted by molar-refractivity contribution is 0.0725. The number of thiophene rings is 1. The molecule has 0 saturated heterocycles. The van der Waals surface area contributed by atoms with Crippen molar-refractivity contribution in [3.05, 3.63) is 57.9 Å². The van der Waals surface area contributed by atoms with Crippen LogP contribution in [0.1, 0.15) is 33.4 Å². The van der Waals surface area contributed by atoms with Gasteiger partial charge < -0.3 is 14.4 Å². The van der Waals surface area contributed by atoms with E-state index < -0.39 is 0 Å². The number of methoxy groups -OCH3 is 2. The second-order valence-electron chi connectivity index (χ2n) is 6.35. The summed E-state index contributed by atoms with van der Waals surface area (Å²) in [4.78, 5) is 16.1. The van der Waals surface area contributed by atoms with Gasteiger partial charge in [0, 0.05) is 36.3 Å². The summed E-state index contributed by atoms with van der Waals surface area (Å²) in [5, 5.41) is 9.49. The maximum Gasteiger partial charge on any atom is 0.273 e. The fourth-order valence-electron chi connectivity index (χ4n) is 3.52. The number of carbonyl (C=O) groups excluding carboxylic acids is 1. The number of nitrogens with one attached hydrogen (secondary N) is 1. The predicted octanol–water partition coefficient (Wildman–Crippen LogP) is 3.73. The molecule has 6 nitrogen and oxygen atoms in total. The molecule has 1 aliphatic rings. The van der Waals surface area contributed by atoms with Crippen LogP contribution in [0, 0.1) is 0 Å². The Labute approximate surface area is 161 Å². The Balaban J connectivity index is 1.76. The summed E-state index contributed by atoms with van der Waals surface area (Å²) in [6, 6.07) is 11.7. The van der Waals surface area contributed by atoms with Gasteiger partial charge in [-0.3, -0.25) is 9.89 Å². The van der Waals surface area contributed by atoms with Crippen molar-refractivity contribution in [3.63, 3.8) is 0 Å². The molecule has 0 saturated carbocycles. The summed E-state index contributed by atoms with van der Waals surface area (Å²) in [6.07, 6.45) is 0.791. The van der Waals surface area contributed by atoms with E-state index in [1.54, 1.807) is 25.6 Å². The van der Waals surface area contributed by atoms with E-state index >= 15 is 0 Å². The van der Waals surface area contributed by atoms with Crippen LogP contribution in [-0.4, -0.2) is 48.4 Å². The SMILES string of the molecule is COCCCN1C(=O)c2[nH]nc(-c3ccc(OC)cc3)c2C1c1cccs1. The molecule has 1 atom stereocenters. The molecule has 2 aromatic heterocycles. The van der Waals surface area contributed by atoms with Gasteiger partial charge >= 0.3 is 0 Å². The number of hydrogen-bond acceptors (Lipinski definition) is 5. The first kappa shape index (κ1) is 17.8. The number of carbonyl (C=O) groups is 1. The maximum atomic E-state index is 13.0. The molecular formula is C20H21N3O3S. The summed E-state index contributed by atoms with van der Waals surface area (Å²) in [7, 11) is 3.32. The van der Waals surface area contributed by atoms with Gasteiger partial charge in [0.2, 0.25) is 0 Å².